The van der Waals surface area contributed by atoms with E-state index in [1.807, 2.05) is 6.92 Å². The third-order valence-electron chi connectivity index (χ3n) is 1.74. The lowest BCUT2D eigenvalue weighted by atomic mass is 10.2. The van der Waals surface area contributed by atoms with Gasteiger partial charge in [-0.2, -0.15) is 5.26 Å². The summed E-state index contributed by atoms with van der Waals surface area (Å²) in [6, 6.07) is 2.17. The molecule has 0 bridgehead atoms. The van der Waals surface area contributed by atoms with Crippen LogP contribution in [0.3, 0.4) is 0 Å². The summed E-state index contributed by atoms with van der Waals surface area (Å²) >= 11 is 0. The van der Waals surface area contributed by atoms with Gasteiger partial charge in [-0.1, -0.05) is 0 Å². The lowest BCUT2D eigenvalue weighted by molar-refractivity contribution is 0.0695. The van der Waals surface area contributed by atoms with E-state index in [4.69, 9.17) is 14.7 Å². The maximum absolute atomic E-state index is 8.51. The Morgan fingerprint density at radius 1 is 1.36 bits per heavy atom. The number of nitrogens with one attached hydrogen (secondary N) is 1. The molecule has 0 spiro atoms. The van der Waals surface area contributed by atoms with Gasteiger partial charge in [-0.3, -0.25) is 0 Å². The zero-order valence-corrected chi connectivity index (χ0v) is 9.08. The van der Waals surface area contributed by atoms with E-state index in [0.717, 1.165) is 26.1 Å². The Labute approximate surface area is 86.2 Å². The van der Waals surface area contributed by atoms with Gasteiger partial charge in [0.2, 0.25) is 0 Å². The number of methoxy groups -OCH3 is 1. The smallest absolute Gasteiger partial charge is 0.0700 e. The molecule has 1 atom stereocenters. The summed E-state index contributed by atoms with van der Waals surface area (Å²) < 4.78 is 10.1. The number of hydrogen-bond acceptors (Lipinski definition) is 4. The van der Waals surface area contributed by atoms with Crippen molar-refractivity contribution < 1.29 is 9.47 Å². The standard InChI is InChI=1S/C10H20N2O2/c1-10(8-11)9-12-4-3-5-14-7-6-13-2/h10,12H,3-7,9H2,1-2H3. The summed E-state index contributed by atoms with van der Waals surface area (Å²) in [5.74, 6) is 0.0874. The minimum Gasteiger partial charge on any atom is -0.382 e. The predicted octanol–water partition coefficient (Wildman–Crippen LogP) is 0.789. The fourth-order valence-electron chi connectivity index (χ4n) is 0.908. The van der Waals surface area contributed by atoms with E-state index in [1.165, 1.54) is 0 Å². The van der Waals surface area contributed by atoms with Crippen LogP contribution < -0.4 is 5.32 Å². The lowest BCUT2D eigenvalue weighted by Crippen LogP contribution is -2.22. The Morgan fingerprint density at radius 2 is 2.14 bits per heavy atom. The van der Waals surface area contributed by atoms with Gasteiger partial charge in [-0.05, 0) is 19.9 Å². The molecule has 0 saturated heterocycles. The zero-order valence-electron chi connectivity index (χ0n) is 9.08. The predicted molar refractivity (Wildman–Crippen MR) is 55.0 cm³/mol. The average Bonchev–Trinajstić information content (AvgIpc) is 2.21. The molecule has 14 heavy (non-hydrogen) atoms. The molecule has 1 unspecified atom stereocenters. The second-order valence-electron chi connectivity index (χ2n) is 3.19. The third-order valence-corrected chi connectivity index (χ3v) is 1.74. The van der Waals surface area contributed by atoms with Crippen LogP contribution in [0, 0.1) is 17.2 Å². The second-order valence-corrected chi connectivity index (χ2v) is 3.19. The summed E-state index contributed by atoms with van der Waals surface area (Å²) in [6.45, 7) is 5.62. The summed E-state index contributed by atoms with van der Waals surface area (Å²) in [6.07, 6.45) is 0.974. The first kappa shape index (κ1) is 13.4. The maximum Gasteiger partial charge on any atom is 0.0700 e. The van der Waals surface area contributed by atoms with Gasteiger partial charge in [0.15, 0.2) is 0 Å². The van der Waals surface area contributed by atoms with Crippen molar-refractivity contribution in [1.82, 2.24) is 5.32 Å². The molecular formula is C10H20N2O2. The first-order valence-electron chi connectivity index (χ1n) is 4.98. The normalized spacial score (nSPS) is 12.4. The molecule has 0 aromatic heterocycles. The highest BCUT2D eigenvalue weighted by Crippen LogP contribution is 1.88. The minimum absolute atomic E-state index is 0.0874. The zero-order chi connectivity index (χ0) is 10.6. The van der Waals surface area contributed by atoms with Crippen molar-refractivity contribution in [2.45, 2.75) is 13.3 Å². The van der Waals surface area contributed by atoms with E-state index >= 15 is 0 Å². The molecular weight excluding hydrogens is 180 g/mol. The van der Waals surface area contributed by atoms with Crippen LogP contribution >= 0.6 is 0 Å². The Balaban J connectivity index is 2.96. The lowest BCUT2D eigenvalue weighted by Gasteiger charge is -2.06. The van der Waals surface area contributed by atoms with E-state index in [9.17, 15) is 0 Å². The molecule has 0 aromatic rings. The van der Waals surface area contributed by atoms with Crippen molar-refractivity contribution in [2.24, 2.45) is 5.92 Å². The molecule has 0 aliphatic carbocycles. The molecule has 0 aliphatic rings. The van der Waals surface area contributed by atoms with Crippen molar-refractivity contribution in [3.63, 3.8) is 0 Å². The fraction of sp³-hybridized carbons (Fsp3) is 0.900. The van der Waals surface area contributed by atoms with Crippen LogP contribution in [-0.2, 0) is 9.47 Å². The number of ether oxygens (including phenoxy) is 2. The highest BCUT2D eigenvalue weighted by Gasteiger charge is 1.96. The molecule has 4 heteroatoms. The second kappa shape index (κ2) is 10.5. The summed E-state index contributed by atoms with van der Waals surface area (Å²) in [5, 5.41) is 11.7. The summed E-state index contributed by atoms with van der Waals surface area (Å²) in [7, 11) is 1.66. The molecule has 0 heterocycles. The van der Waals surface area contributed by atoms with Gasteiger partial charge in [0.25, 0.3) is 0 Å². The largest absolute Gasteiger partial charge is 0.382 e. The van der Waals surface area contributed by atoms with Crippen LogP contribution in [0.1, 0.15) is 13.3 Å². The fourth-order valence-corrected chi connectivity index (χ4v) is 0.908. The van der Waals surface area contributed by atoms with Crippen molar-refractivity contribution in [2.75, 3.05) is 40.0 Å². The van der Waals surface area contributed by atoms with E-state index in [2.05, 4.69) is 11.4 Å². The third kappa shape index (κ3) is 9.46. The van der Waals surface area contributed by atoms with E-state index in [0.29, 0.717) is 13.2 Å². The topological polar surface area (TPSA) is 54.3 Å². The van der Waals surface area contributed by atoms with Gasteiger partial charge in [0, 0.05) is 20.3 Å². The van der Waals surface area contributed by atoms with Crippen LogP contribution in [-0.4, -0.2) is 40.0 Å². The molecule has 0 radical (unpaired) electrons. The Morgan fingerprint density at radius 3 is 2.79 bits per heavy atom. The van der Waals surface area contributed by atoms with E-state index < -0.39 is 0 Å². The first-order chi connectivity index (χ1) is 6.81. The maximum atomic E-state index is 8.51. The van der Waals surface area contributed by atoms with Crippen LogP contribution in [0.25, 0.3) is 0 Å². The number of nitriles is 1. The monoisotopic (exact) mass is 200 g/mol. The molecule has 0 aromatic carbocycles. The van der Waals surface area contributed by atoms with Gasteiger partial charge in [0.1, 0.15) is 0 Å². The van der Waals surface area contributed by atoms with E-state index in [1.54, 1.807) is 7.11 Å². The van der Waals surface area contributed by atoms with Gasteiger partial charge >= 0.3 is 0 Å². The van der Waals surface area contributed by atoms with Crippen LogP contribution in [0.2, 0.25) is 0 Å². The highest BCUT2D eigenvalue weighted by molar-refractivity contribution is 4.79. The van der Waals surface area contributed by atoms with Crippen LogP contribution in [0.4, 0.5) is 0 Å². The molecule has 0 fully saturated rings. The number of hydrogen-bond donors (Lipinski definition) is 1. The van der Waals surface area contributed by atoms with Gasteiger partial charge in [0.05, 0.1) is 25.2 Å². The molecule has 0 rings (SSSR count). The number of rotatable bonds is 9. The van der Waals surface area contributed by atoms with Gasteiger partial charge < -0.3 is 14.8 Å². The molecule has 0 amide bonds. The molecule has 82 valence electrons. The van der Waals surface area contributed by atoms with E-state index in [-0.39, 0.29) is 5.92 Å². The van der Waals surface area contributed by atoms with Crippen molar-refractivity contribution >= 4 is 0 Å². The summed E-state index contributed by atoms with van der Waals surface area (Å²) in [5.41, 5.74) is 0. The Kier molecular flexibility index (Phi) is 9.98. The highest BCUT2D eigenvalue weighted by atomic mass is 16.5. The minimum atomic E-state index is 0.0874. The molecule has 1 N–H and O–H groups in total. The van der Waals surface area contributed by atoms with Crippen LogP contribution in [0.15, 0.2) is 0 Å². The Bertz CT molecular complexity index is 157. The Hall–Kier alpha value is -0.630. The average molecular weight is 200 g/mol. The van der Waals surface area contributed by atoms with Gasteiger partial charge in [-0.15, -0.1) is 0 Å². The summed E-state index contributed by atoms with van der Waals surface area (Å²) in [4.78, 5) is 0. The number of nitrogens with zero attached hydrogens (tertiary/aromatic N) is 1. The van der Waals surface area contributed by atoms with Gasteiger partial charge in [-0.25, -0.2) is 0 Å². The molecule has 0 saturated carbocycles. The quantitative estimate of drug-likeness (QED) is 0.559. The molecule has 0 aliphatic heterocycles. The van der Waals surface area contributed by atoms with Crippen molar-refractivity contribution in [3.05, 3.63) is 0 Å². The van der Waals surface area contributed by atoms with Crippen molar-refractivity contribution in [1.29, 1.82) is 5.26 Å². The van der Waals surface area contributed by atoms with Crippen LogP contribution in [0.5, 0.6) is 0 Å². The molecule has 4 nitrogen and oxygen atoms in total. The van der Waals surface area contributed by atoms with Crippen molar-refractivity contribution in [3.8, 4) is 6.07 Å². The first-order valence-corrected chi connectivity index (χ1v) is 4.98. The SMILES string of the molecule is COCCOCCCNCC(C)C#N.